The van der Waals surface area contributed by atoms with Crippen LogP contribution in [0.25, 0.3) is 0 Å². The predicted molar refractivity (Wildman–Crippen MR) is 132 cm³/mol. The molecule has 1 saturated heterocycles. The Hall–Kier alpha value is -3.33. The topological polar surface area (TPSA) is 150 Å². The molecule has 0 bridgehead atoms. The highest BCUT2D eigenvalue weighted by Gasteiger charge is 2.76. The van der Waals surface area contributed by atoms with Gasteiger partial charge in [-0.05, 0) is 82.6 Å². The Labute approximate surface area is 211 Å². The van der Waals surface area contributed by atoms with E-state index in [0.29, 0.717) is 25.7 Å². The zero-order valence-electron chi connectivity index (χ0n) is 21.0. The molecule has 4 unspecified atom stereocenters. The van der Waals surface area contributed by atoms with E-state index in [9.17, 15) is 29.7 Å². The largest absolute Gasteiger partial charge is 0.481 e. The predicted octanol–water partition coefficient (Wildman–Crippen LogP) is 3.44. The molecule has 0 amide bonds. The van der Waals surface area contributed by atoms with Crippen molar-refractivity contribution in [2.75, 3.05) is 0 Å². The Morgan fingerprint density at radius 1 is 0.806 bits per heavy atom. The van der Waals surface area contributed by atoms with Gasteiger partial charge in [0.05, 0.1) is 10.8 Å². The summed E-state index contributed by atoms with van der Waals surface area (Å²) in [6.07, 6.45) is 8.40. The molecule has 2 aromatic rings. The van der Waals surface area contributed by atoms with Crippen molar-refractivity contribution in [3.63, 3.8) is 0 Å². The molecular weight excluding hydrogens is 462 g/mol. The van der Waals surface area contributed by atoms with E-state index in [0.717, 1.165) is 11.1 Å². The number of carbonyl (C=O) groups is 3. The van der Waals surface area contributed by atoms with Crippen LogP contribution in [0, 0.1) is 16.2 Å². The first-order valence-corrected chi connectivity index (χ1v) is 12.3. The van der Waals surface area contributed by atoms with Crippen molar-refractivity contribution in [3.8, 4) is 0 Å². The molecule has 3 heterocycles. The SMILES string of the molecule is CC1NC(C)C(CCCc2cccnc2)(C(=O)O)C(C)(C(=O)O)C1(CCCc1cccnc1)C(=O)O. The van der Waals surface area contributed by atoms with Crippen molar-refractivity contribution in [3.05, 3.63) is 60.2 Å². The number of aromatic nitrogens is 2. The fraction of sp³-hybridized carbons (Fsp3) is 0.519. The monoisotopic (exact) mass is 497 g/mol. The second-order valence-electron chi connectivity index (χ2n) is 10.0. The number of nitrogens with one attached hydrogen (secondary N) is 1. The van der Waals surface area contributed by atoms with E-state index in [1.807, 2.05) is 12.1 Å². The van der Waals surface area contributed by atoms with Crippen molar-refractivity contribution in [2.45, 2.75) is 71.4 Å². The number of hydrogen-bond donors (Lipinski definition) is 4. The second-order valence-corrected chi connectivity index (χ2v) is 10.0. The average molecular weight is 498 g/mol. The quantitative estimate of drug-likeness (QED) is 0.366. The van der Waals surface area contributed by atoms with E-state index in [4.69, 9.17) is 0 Å². The highest BCUT2D eigenvalue weighted by Crippen LogP contribution is 2.62. The number of piperidine rings is 1. The minimum absolute atomic E-state index is 0.00144. The standard InChI is InChI=1S/C27H35N3O6/c1-18-26(23(33)34,12-4-8-20-10-6-14-28-16-20)25(3,22(31)32)27(24(35)36,19(2)30-18)13-5-9-21-11-7-15-29-17-21/h6-7,10-11,14-19,30H,4-5,8-9,12-13H2,1-3H3,(H,31,32)(H,33,34)(H,35,36). The molecule has 0 radical (unpaired) electrons. The number of rotatable bonds is 11. The Morgan fingerprint density at radius 3 is 1.53 bits per heavy atom. The molecule has 36 heavy (non-hydrogen) atoms. The lowest BCUT2D eigenvalue weighted by atomic mass is 9.42. The van der Waals surface area contributed by atoms with E-state index in [-0.39, 0.29) is 12.8 Å². The van der Waals surface area contributed by atoms with Crippen molar-refractivity contribution in [1.29, 1.82) is 0 Å². The number of nitrogens with zero attached hydrogens (tertiary/aromatic N) is 2. The molecular formula is C27H35N3O6. The summed E-state index contributed by atoms with van der Waals surface area (Å²) in [4.78, 5) is 47.4. The van der Waals surface area contributed by atoms with Crippen LogP contribution in [0.5, 0.6) is 0 Å². The maximum absolute atomic E-state index is 13.1. The van der Waals surface area contributed by atoms with Gasteiger partial charge in [-0.25, -0.2) is 0 Å². The number of hydrogen-bond acceptors (Lipinski definition) is 6. The number of aryl methyl sites for hydroxylation is 2. The summed E-state index contributed by atoms with van der Waals surface area (Å²) in [5, 5.41) is 35.1. The third-order valence-corrected chi connectivity index (χ3v) is 8.47. The first-order valence-electron chi connectivity index (χ1n) is 12.3. The molecule has 1 aliphatic heterocycles. The molecule has 9 heteroatoms. The van der Waals surface area contributed by atoms with E-state index in [1.165, 1.54) is 6.92 Å². The Kier molecular flexibility index (Phi) is 8.13. The molecule has 3 rings (SSSR count). The first kappa shape index (κ1) is 27.3. The van der Waals surface area contributed by atoms with Crippen LogP contribution in [-0.2, 0) is 27.2 Å². The minimum atomic E-state index is -2.09. The van der Waals surface area contributed by atoms with Gasteiger partial charge in [0.1, 0.15) is 5.41 Å². The zero-order chi connectivity index (χ0) is 26.6. The van der Waals surface area contributed by atoms with Gasteiger partial charge >= 0.3 is 17.9 Å². The minimum Gasteiger partial charge on any atom is -0.481 e. The Balaban J connectivity index is 2.05. The van der Waals surface area contributed by atoms with Crippen molar-refractivity contribution >= 4 is 17.9 Å². The first-order chi connectivity index (χ1) is 17.0. The molecule has 9 nitrogen and oxygen atoms in total. The third-order valence-electron chi connectivity index (χ3n) is 8.47. The summed E-state index contributed by atoms with van der Waals surface area (Å²) in [7, 11) is 0. The second kappa shape index (κ2) is 10.7. The van der Waals surface area contributed by atoms with Crippen LogP contribution in [0.15, 0.2) is 49.1 Å². The lowest BCUT2D eigenvalue weighted by Gasteiger charge is -2.61. The highest BCUT2D eigenvalue weighted by molar-refractivity contribution is 5.94. The zero-order valence-corrected chi connectivity index (χ0v) is 21.0. The van der Waals surface area contributed by atoms with Crippen LogP contribution in [0.4, 0.5) is 0 Å². The van der Waals surface area contributed by atoms with Crippen LogP contribution in [-0.4, -0.2) is 55.3 Å². The maximum Gasteiger partial charge on any atom is 0.312 e. The lowest BCUT2D eigenvalue weighted by Crippen LogP contribution is -2.77. The van der Waals surface area contributed by atoms with Crippen LogP contribution in [0.1, 0.15) is 57.6 Å². The van der Waals surface area contributed by atoms with Gasteiger partial charge < -0.3 is 20.6 Å². The van der Waals surface area contributed by atoms with Gasteiger partial charge in [0.15, 0.2) is 0 Å². The van der Waals surface area contributed by atoms with Crippen molar-refractivity contribution in [2.24, 2.45) is 16.2 Å². The molecule has 4 atom stereocenters. The smallest absolute Gasteiger partial charge is 0.312 e. The van der Waals surface area contributed by atoms with Crippen molar-refractivity contribution < 1.29 is 29.7 Å². The summed E-state index contributed by atoms with van der Waals surface area (Å²) >= 11 is 0. The summed E-state index contributed by atoms with van der Waals surface area (Å²) in [5.41, 5.74) is -4.01. The highest BCUT2D eigenvalue weighted by atomic mass is 16.4. The Morgan fingerprint density at radius 2 is 1.22 bits per heavy atom. The number of carboxylic acids is 3. The molecule has 2 aromatic heterocycles. The number of carboxylic acid groups (broad SMARTS) is 3. The number of pyridine rings is 2. The van der Waals surface area contributed by atoms with Gasteiger partial charge in [0.2, 0.25) is 0 Å². The average Bonchev–Trinajstić information content (AvgIpc) is 2.84. The molecule has 0 spiro atoms. The summed E-state index contributed by atoms with van der Waals surface area (Å²) in [5.74, 6) is -4.01. The normalized spacial score (nSPS) is 30.0. The third kappa shape index (κ3) is 4.36. The summed E-state index contributed by atoms with van der Waals surface area (Å²) < 4.78 is 0. The van der Waals surface area contributed by atoms with E-state index in [1.54, 1.807) is 50.8 Å². The fourth-order valence-electron chi connectivity index (χ4n) is 6.48. The molecule has 0 saturated carbocycles. The van der Waals surface area contributed by atoms with E-state index < -0.39 is 46.2 Å². The van der Waals surface area contributed by atoms with Crippen LogP contribution in [0.3, 0.4) is 0 Å². The van der Waals surface area contributed by atoms with E-state index in [2.05, 4.69) is 15.3 Å². The molecule has 4 N–H and O–H groups in total. The van der Waals surface area contributed by atoms with Crippen LogP contribution < -0.4 is 5.32 Å². The molecule has 1 fully saturated rings. The van der Waals surface area contributed by atoms with Crippen LogP contribution >= 0.6 is 0 Å². The molecule has 0 aromatic carbocycles. The van der Waals surface area contributed by atoms with Gasteiger partial charge in [-0.15, -0.1) is 0 Å². The lowest BCUT2D eigenvalue weighted by molar-refractivity contribution is -0.216. The van der Waals surface area contributed by atoms with Gasteiger partial charge in [0, 0.05) is 36.9 Å². The maximum atomic E-state index is 13.1. The van der Waals surface area contributed by atoms with Crippen LogP contribution in [0.2, 0.25) is 0 Å². The van der Waals surface area contributed by atoms with Gasteiger partial charge in [-0.1, -0.05) is 12.1 Å². The fourth-order valence-corrected chi connectivity index (χ4v) is 6.48. The van der Waals surface area contributed by atoms with Gasteiger partial charge in [0.25, 0.3) is 0 Å². The van der Waals surface area contributed by atoms with E-state index >= 15 is 0 Å². The van der Waals surface area contributed by atoms with Gasteiger partial charge in [-0.3, -0.25) is 24.4 Å². The molecule has 194 valence electrons. The van der Waals surface area contributed by atoms with Crippen molar-refractivity contribution in [1.82, 2.24) is 15.3 Å². The Bertz CT molecular complexity index is 1000. The van der Waals surface area contributed by atoms with Gasteiger partial charge in [-0.2, -0.15) is 0 Å². The molecule has 1 aliphatic rings. The summed E-state index contributed by atoms with van der Waals surface area (Å²) in [6.45, 7) is 4.63. The number of aliphatic carboxylic acids is 3. The molecule has 0 aliphatic carbocycles. The summed E-state index contributed by atoms with van der Waals surface area (Å²) in [6, 6.07) is 5.78.